The van der Waals surface area contributed by atoms with E-state index < -0.39 is 0 Å². The van der Waals surface area contributed by atoms with Gasteiger partial charge in [0.1, 0.15) is 0 Å². The topological polar surface area (TPSA) is 32.3 Å². The summed E-state index contributed by atoms with van der Waals surface area (Å²) in [5.74, 6) is 3.18. The minimum Gasteiger partial charge on any atom is -0.342 e. The lowest BCUT2D eigenvalue weighted by Gasteiger charge is -2.37. The molecule has 4 rings (SSSR count). The molecule has 3 nitrogen and oxygen atoms in total. The van der Waals surface area contributed by atoms with Gasteiger partial charge in [-0.3, -0.25) is 4.79 Å². The van der Waals surface area contributed by atoms with Crippen molar-refractivity contribution < 1.29 is 4.79 Å². The molecule has 19 heavy (non-hydrogen) atoms. The van der Waals surface area contributed by atoms with Crippen LogP contribution in [-0.2, 0) is 4.79 Å². The number of hydrogen-bond acceptors (Lipinski definition) is 2. The van der Waals surface area contributed by atoms with Crippen molar-refractivity contribution in [1.82, 2.24) is 10.2 Å². The Bertz CT molecular complexity index is 342. The lowest BCUT2D eigenvalue weighted by molar-refractivity contribution is -0.139. The molecule has 2 aliphatic carbocycles. The van der Waals surface area contributed by atoms with Gasteiger partial charge in [-0.2, -0.15) is 0 Å². The summed E-state index contributed by atoms with van der Waals surface area (Å²) < 4.78 is 0. The molecule has 1 N–H and O–H groups in total. The van der Waals surface area contributed by atoms with Gasteiger partial charge >= 0.3 is 0 Å². The highest BCUT2D eigenvalue weighted by Gasteiger charge is 2.48. The second-order valence-corrected chi connectivity index (χ2v) is 6.88. The van der Waals surface area contributed by atoms with E-state index in [1.54, 1.807) is 0 Å². The third-order valence-electron chi connectivity index (χ3n) is 5.51. The minimum absolute atomic E-state index is 0. The molecule has 2 unspecified atom stereocenters. The highest BCUT2D eigenvalue weighted by molar-refractivity contribution is 5.85. The van der Waals surface area contributed by atoms with Gasteiger partial charge in [0, 0.05) is 25.0 Å². The van der Waals surface area contributed by atoms with Crippen LogP contribution in [0.15, 0.2) is 0 Å². The molecule has 4 aliphatic rings. The SMILES string of the molecule is Cl.O=C(C(C1CC1)C1CC1)N1CCC2NCCC2C1. The van der Waals surface area contributed by atoms with Crippen molar-refractivity contribution in [2.45, 2.75) is 44.6 Å². The molecule has 0 aromatic heterocycles. The maximum absolute atomic E-state index is 12.8. The molecule has 0 radical (unpaired) electrons. The molecule has 2 aliphatic heterocycles. The normalized spacial score (nSPS) is 34.1. The molecule has 2 saturated heterocycles. The zero-order valence-corrected chi connectivity index (χ0v) is 12.3. The summed E-state index contributed by atoms with van der Waals surface area (Å²) in [4.78, 5) is 15.0. The number of nitrogens with zero attached hydrogens (tertiary/aromatic N) is 1. The average Bonchev–Trinajstić information content (AvgIpc) is 3.30. The van der Waals surface area contributed by atoms with Gasteiger partial charge in [0.2, 0.25) is 5.91 Å². The van der Waals surface area contributed by atoms with Gasteiger partial charge in [0.25, 0.3) is 0 Å². The standard InChI is InChI=1S/C15H24N2O.ClH/c18-15(14(10-1-2-10)11-3-4-11)17-8-6-13-12(9-17)5-7-16-13;/h10-14,16H,1-9H2;1H. The number of carbonyl (C=O) groups is 1. The monoisotopic (exact) mass is 284 g/mol. The number of hydrogen-bond donors (Lipinski definition) is 1. The molecule has 2 atom stereocenters. The van der Waals surface area contributed by atoms with Crippen molar-refractivity contribution in [2.24, 2.45) is 23.7 Å². The Hall–Kier alpha value is -0.280. The number of amides is 1. The van der Waals surface area contributed by atoms with Crippen LogP contribution in [0.1, 0.15) is 38.5 Å². The van der Waals surface area contributed by atoms with Crippen molar-refractivity contribution in [3.05, 3.63) is 0 Å². The molecule has 2 heterocycles. The average molecular weight is 285 g/mol. The third kappa shape index (κ3) is 2.64. The van der Waals surface area contributed by atoms with Gasteiger partial charge in [-0.25, -0.2) is 0 Å². The molecule has 4 fully saturated rings. The maximum atomic E-state index is 12.8. The lowest BCUT2D eigenvalue weighted by Crippen LogP contribution is -2.49. The van der Waals surface area contributed by atoms with Gasteiger partial charge in [0.15, 0.2) is 0 Å². The molecular weight excluding hydrogens is 260 g/mol. The Morgan fingerprint density at radius 2 is 1.74 bits per heavy atom. The summed E-state index contributed by atoms with van der Waals surface area (Å²) in [6, 6.07) is 0.703. The van der Waals surface area contributed by atoms with Gasteiger partial charge in [-0.05, 0) is 62.8 Å². The zero-order valence-electron chi connectivity index (χ0n) is 11.5. The lowest BCUT2D eigenvalue weighted by atomic mass is 9.90. The van der Waals surface area contributed by atoms with Crippen LogP contribution < -0.4 is 5.32 Å². The fourth-order valence-electron chi connectivity index (χ4n) is 4.16. The van der Waals surface area contributed by atoms with Gasteiger partial charge in [-0.1, -0.05) is 0 Å². The quantitative estimate of drug-likeness (QED) is 0.860. The second kappa shape index (κ2) is 5.25. The van der Waals surface area contributed by atoms with Crippen LogP contribution in [0, 0.1) is 23.7 Å². The Kier molecular flexibility index (Phi) is 3.78. The number of fused-ring (bicyclic) bond motifs is 1. The van der Waals surface area contributed by atoms with E-state index in [2.05, 4.69) is 10.2 Å². The molecule has 0 spiro atoms. The van der Waals surface area contributed by atoms with Crippen molar-refractivity contribution >= 4 is 18.3 Å². The molecule has 0 aromatic carbocycles. The molecule has 4 heteroatoms. The number of carbonyl (C=O) groups excluding carboxylic acids is 1. The summed E-state index contributed by atoms with van der Waals surface area (Å²) in [6.45, 7) is 3.20. The van der Waals surface area contributed by atoms with Crippen LogP contribution in [0.5, 0.6) is 0 Å². The zero-order chi connectivity index (χ0) is 12.1. The van der Waals surface area contributed by atoms with Gasteiger partial charge in [0.05, 0.1) is 0 Å². The molecule has 108 valence electrons. The van der Waals surface area contributed by atoms with Crippen molar-refractivity contribution in [3.63, 3.8) is 0 Å². The first-order valence-corrected chi connectivity index (χ1v) is 7.85. The van der Waals surface area contributed by atoms with E-state index in [0.717, 1.165) is 37.4 Å². The molecule has 1 amide bonds. The number of rotatable bonds is 3. The Morgan fingerprint density at radius 1 is 1.05 bits per heavy atom. The Labute approximate surface area is 121 Å². The Balaban J connectivity index is 0.00000110. The fraction of sp³-hybridized carbons (Fsp3) is 0.933. The summed E-state index contributed by atoms with van der Waals surface area (Å²) in [6.07, 6.45) is 7.70. The number of nitrogens with one attached hydrogen (secondary N) is 1. The maximum Gasteiger partial charge on any atom is 0.226 e. The number of likely N-dealkylation sites (tertiary alicyclic amines) is 1. The van der Waals surface area contributed by atoms with Crippen LogP contribution in [0.2, 0.25) is 0 Å². The van der Waals surface area contributed by atoms with Crippen molar-refractivity contribution in [1.29, 1.82) is 0 Å². The number of piperidine rings is 1. The van der Waals surface area contributed by atoms with E-state index in [1.165, 1.54) is 38.5 Å². The second-order valence-electron chi connectivity index (χ2n) is 6.88. The smallest absolute Gasteiger partial charge is 0.226 e. The third-order valence-corrected chi connectivity index (χ3v) is 5.51. The first kappa shape index (κ1) is 13.7. The van der Waals surface area contributed by atoms with Crippen molar-refractivity contribution in [2.75, 3.05) is 19.6 Å². The van der Waals surface area contributed by atoms with E-state index in [4.69, 9.17) is 0 Å². The molecule has 0 aromatic rings. The Morgan fingerprint density at radius 3 is 2.37 bits per heavy atom. The summed E-state index contributed by atoms with van der Waals surface area (Å²) in [7, 11) is 0. The van der Waals surface area contributed by atoms with Crippen LogP contribution in [0.25, 0.3) is 0 Å². The highest BCUT2D eigenvalue weighted by Crippen LogP contribution is 2.50. The van der Waals surface area contributed by atoms with Crippen LogP contribution >= 0.6 is 12.4 Å². The summed E-state index contributed by atoms with van der Waals surface area (Å²) in [5.41, 5.74) is 0. The fourth-order valence-corrected chi connectivity index (χ4v) is 4.16. The molecular formula is C15H25ClN2O. The van der Waals surface area contributed by atoms with E-state index in [-0.39, 0.29) is 12.4 Å². The van der Waals surface area contributed by atoms with E-state index in [9.17, 15) is 4.79 Å². The number of halogens is 1. The minimum atomic E-state index is 0. The van der Waals surface area contributed by atoms with Crippen molar-refractivity contribution in [3.8, 4) is 0 Å². The van der Waals surface area contributed by atoms with Crippen LogP contribution in [0.3, 0.4) is 0 Å². The van der Waals surface area contributed by atoms with E-state index in [1.807, 2.05) is 0 Å². The summed E-state index contributed by atoms with van der Waals surface area (Å²) >= 11 is 0. The predicted octanol–water partition coefficient (Wildman–Crippen LogP) is 2.05. The van der Waals surface area contributed by atoms with E-state index >= 15 is 0 Å². The van der Waals surface area contributed by atoms with Gasteiger partial charge < -0.3 is 10.2 Å². The van der Waals surface area contributed by atoms with Crippen LogP contribution in [-0.4, -0.2) is 36.5 Å². The van der Waals surface area contributed by atoms with Gasteiger partial charge in [-0.15, -0.1) is 12.4 Å². The first-order valence-electron chi connectivity index (χ1n) is 7.85. The molecule has 0 bridgehead atoms. The predicted molar refractivity (Wildman–Crippen MR) is 77.3 cm³/mol. The first-order chi connectivity index (χ1) is 8.83. The van der Waals surface area contributed by atoms with E-state index in [0.29, 0.717) is 17.9 Å². The summed E-state index contributed by atoms with van der Waals surface area (Å²) in [5, 5.41) is 3.58. The highest BCUT2D eigenvalue weighted by atomic mass is 35.5. The molecule has 2 saturated carbocycles. The van der Waals surface area contributed by atoms with Crippen LogP contribution in [0.4, 0.5) is 0 Å². The largest absolute Gasteiger partial charge is 0.342 e.